The van der Waals surface area contributed by atoms with Crippen LogP contribution >= 0.6 is 12.4 Å². The van der Waals surface area contributed by atoms with E-state index in [1.54, 1.807) is 0 Å². The minimum absolute atomic E-state index is 0. The van der Waals surface area contributed by atoms with Crippen LogP contribution in [0.15, 0.2) is 12.2 Å². The molecule has 2 aliphatic rings. The highest BCUT2D eigenvalue weighted by atomic mass is 35.5. The van der Waals surface area contributed by atoms with Crippen molar-refractivity contribution in [3.05, 3.63) is 12.2 Å². The first-order valence-corrected chi connectivity index (χ1v) is 4.94. The fourth-order valence-electron chi connectivity index (χ4n) is 1.87. The van der Waals surface area contributed by atoms with Crippen molar-refractivity contribution >= 4 is 12.4 Å². The lowest BCUT2D eigenvalue weighted by Gasteiger charge is -2.04. The molecule has 1 N–H and O–H groups in total. The fraction of sp³-hybridized carbons (Fsp3) is 0.800. The Labute approximate surface area is 86.1 Å². The van der Waals surface area contributed by atoms with Crippen LogP contribution in [0.25, 0.3) is 0 Å². The second-order valence-electron chi connectivity index (χ2n) is 3.71. The van der Waals surface area contributed by atoms with Crippen molar-refractivity contribution in [2.45, 2.75) is 25.3 Å². The van der Waals surface area contributed by atoms with Crippen LogP contribution in [-0.2, 0) is 4.74 Å². The molecule has 0 bridgehead atoms. The van der Waals surface area contributed by atoms with Crippen LogP contribution in [0, 0.1) is 5.92 Å². The quantitative estimate of drug-likeness (QED) is 0.691. The lowest BCUT2D eigenvalue weighted by atomic mass is 10.1. The molecule has 2 atom stereocenters. The number of rotatable bonds is 2. The average molecular weight is 204 g/mol. The van der Waals surface area contributed by atoms with Gasteiger partial charge in [0.15, 0.2) is 0 Å². The van der Waals surface area contributed by atoms with E-state index in [1.165, 1.54) is 25.8 Å². The van der Waals surface area contributed by atoms with E-state index < -0.39 is 0 Å². The van der Waals surface area contributed by atoms with Crippen molar-refractivity contribution < 1.29 is 4.74 Å². The summed E-state index contributed by atoms with van der Waals surface area (Å²) in [5.41, 5.74) is 0. The van der Waals surface area contributed by atoms with Crippen LogP contribution in [0.1, 0.15) is 19.3 Å². The molecule has 2 unspecified atom stereocenters. The van der Waals surface area contributed by atoms with Crippen LogP contribution in [0.5, 0.6) is 0 Å². The summed E-state index contributed by atoms with van der Waals surface area (Å²) < 4.78 is 5.30. The molecule has 2 saturated heterocycles. The Morgan fingerprint density at radius 2 is 2.15 bits per heavy atom. The standard InChI is InChI=1S/C10H17NO.ClH/c1-2-10(11-6-1)4-3-9-5-7-12-8-9;/h3-4,9-11H,1-2,5-8H2;1H/b4-3+;. The molecular formula is C10H18ClNO. The van der Waals surface area contributed by atoms with Crippen LogP contribution in [0.4, 0.5) is 0 Å². The first-order valence-electron chi connectivity index (χ1n) is 4.94. The highest BCUT2D eigenvalue weighted by Gasteiger charge is 2.14. The fourth-order valence-corrected chi connectivity index (χ4v) is 1.87. The number of nitrogens with one attached hydrogen (secondary N) is 1. The Bertz CT molecular complexity index is 142. The monoisotopic (exact) mass is 203 g/mol. The highest BCUT2D eigenvalue weighted by Crippen LogP contribution is 2.15. The predicted octanol–water partition coefficient (Wildman–Crippen LogP) is 1.75. The Morgan fingerprint density at radius 3 is 2.77 bits per heavy atom. The van der Waals surface area contributed by atoms with Gasteiger partial charge < -0.3 is 10.1 Å². The summed E-state index contributed by atoms with van der Waals surface area (Å²) in [5.74, 6) is 0.687. The molecule has 0 aromatic carbocycles. The topological polar surface area (TPSA) is 21.3 Å². The molecule has 2 rings (SSSR count). The summed E-state index contributed by atoms with van der Waals surface area (Å²) in [4.78, 5) is 0. The van der Waals surface area contributed by atoms with Crippen LogP contribution in [-0.4, -0.2) is 25.8 Å². The van der Waals surface area contributed by atoms with Gasteiger partial charge in [-0.3, -0.25) is 0 Å². The number of hydrogen-bond acceptors (Lipinski definition) is 2. The summed E-state index contributed by atoms with van der Waals surface area (Å²) in [5, 5.41) is 3.45. The number of ether oxygens (including phenoxy) is 1. The Balaban J connectivity index is 0.000000845. The average Bonchev–Trinajstić information content (AvgIpc) is 2.74. The molecule has 0 aliphatic carbocycles. The molecule has 0 spiro atoms. The first-order chi connectivity index (χ1) is 5.95. The molecule has 0 saturated carbocycles. The zero-order chi connectivity index (χ0) is 8.23. The van der Waals surface area contributed by atoms with Gasteiger partial charge in [-0.25, -0.2) is 0 Å². The Kier molecular flexibility index (Phi) is 4.78. The van der Waals surface area contributed by atoms with Crippen molar-refractivity contribution in [3.63, 3.8) is 0 Å². The molecule has 76 valence electrons. The number of hydrogen-bond donors (Lipinski definition) is 1. The molecule has 0 radical (unpaired) electrons. The third-order valence-electron chi connectivity index (χ3n) is 2.68. The molecular weight excluding hydrogens is 186 g/mol. The van der Waals surface area contributed by atoms with Gasteiger partial charge in [-0.05, 0) is 25.8 Å². The maximum atomic E-state index is 5.30. The zero-order valence-corrected chi connectivity index (χ0v) is 8.69. The molecule has 0 amide bonds. The second kappa shape index (κ2) is 5.63. The van der Waals surface area contributed by atoms with E-state index in [2.05, 4.69) is 17.5 Å². The highest BCUT2D eigenvalue weighted by molar-refractivity contribution is 5.85. The maximum absolute atomic E-state index is 5.30. The molecule has 13 heavy (non-hydrogen) atoms. The van der Waals surface area contributed by atoms with Crippen molar-refractivity contribution in [2.75, 3.05) is 19.8 Å². The molecule has 3 heteroatoms. The normalized spacial score (nSPS) is 33.8. The van der Waals surface area contributed by atoms with Crippen molar-refractivity contribution in [2.24, 2.45) is 5.92 Å². The smallest absolute Gasteiger partial charge is 0.0529 e. The maximum Gasteiger partial charge on any atom is 0.0529 e. The SMILES string of the molecule is C(=C\C1CCCN1)/C1CCOC1.Cl. The van der Waals surface area contributed by atoms with Crippen LogP contribution < -0.4 is 5.32 Å². The largest absolute Gasteiger partial charge is 0.381 e. The molecule has 2 aliphatic heterocycles. The molecule has 2 fully saturated rings. The van der Waals surface area contributed by atoms with E-state index in [4.69, 9.17) is 4.74 Å². The Morgan fingerprint density at radius 1 is 1.23 bits per heavy atom. The third kappa shape index (κ3) is 3.29. The minimum Gasteiger partial charge on any atom is -0.381 e. The summed E-state index contributed by atoms with van der Waals surface area (Å²) in [6, 6.07) is 0.644. The minimum atomic E-state index is 0. The van der Waals surface area contributed by atoms with Crippen molar-refractivity contribution in [1.29, 1.82) is 0 Å². The molecule has 2 heterocycles. The van der Waals surface area contributed by atoms with E-state index >= 15 is 0 Å². The number of halogens is 1. The summed E-state index contributed by atoms with van der Waals surface area (Å²) in [7, 11) is 0. The van der Waals surface area contributed by atoms with Gasteiger partial charge in [0.2, 0.25) is 0 Å². The van der Waals surface area contributed by atoms with E-state index in [0.717, 1.165) is 13.2 Å². The third-order valence-corrected chi connectivity index (χ3v) is 2.68. The van der Waals surface area contributed by atoms with E-state index in [1.807, 2.05) is 0 Å². The summed E-state index contributed by atoms with van der Waals surface area (Å²) >= 11 is 0. The van der Waals surface area contributed by atoms with Gasteiger partial charge in [0.05, 0.1) is 6.61 Å². The summed E-state index contributed by atoms with van der Waals surface area (Å²) in [6.45, 7) is 3.08. The van der Waals surface area contributed by atoms with Crippen molar-refractivity contribution in [3.8, 4) is 0 Å². The van der Waals surface area contributed by atoms with Gasteiger partial charge >= 0.3 is 0 Å². The van der Waals surface area contributed by atoms with E-state index in [9.17, 15) is 0 Å². The van der Waals surface area contributed by atoms with Gasteiger partial charge in [0, 0.05) is 18.6 Å². The predicted molar refractivity (Wildman–Crippen MR) is 56.3 cm³/mol. The first kappa shape index (κ1) is 11.0. The lowest BCUT2D eigenvalue weighted by molar-refractivity contribution is 0.191. The van der Waals surface area contributed by atoms with E-state index in [0.29, 0.717) is 12.0 Å². The van der Waals surface area contributed by atoms with Gasteiger partial charge in [0.25, 0.3) is 0 Å². The van der Waals surface area contributed by atoms with E-state index in [-0.39, 0.29) is 12.4 Å². The van der Waals surface area contributed by atoms with Gasteiger partial charge in [-0.1, -0.05) is 12.2 Å². The van der Waals surface area contributed by atoms with Crippen LogP contribution in [0.2, 0.25) is 0 Å². The second-order valence-corrected chi connectivity index (χ2v) is 3.71. The van der Waals surface area contributed by atoms with Gasteiger partial charge in [0.1, 0.15) is 0 Å². The molecule has 0 aromatic heterocycles. The zero-order valence-electron chi connectivity index (χ0n) is 7.87. The summed E-state index contributed by atoms with van der Waals surface area (Å²) in [6.07, 6.45) is 8.51. The molecule has 0 aromatic rings. The Hall–Kier alpha value is -0.0500. The van der Waals surface area contributed by atoms with Crippen molar-refractivity contribution in [1.82, 2.24) is 5.32 Å². The van der Waals surface area contributed by atoms with Gasteiger partial charge in [-0.2, -0.15) is 0 Å². The lowest BCUT2D eigenvalue weighted by Crippen LogP contribution is -2.18. The van der Waals surface area contributed by atoms with Crippen LogP contribution in [0.3, 0.4) is 0 Å². The van der Waals surface area contributed by atoms with Gasteiger partial charge in [-0.15, -0.1) is 12.4 Å². The molecule has 2 nitrogen and oxygen atoms in total.